The molecule has 1 aliphatic rings. The molecule has 0 radical (unpaired) electrons. The van der Waals surface area contributed by atoms with Crippen molar-refractivity contribution in [3.63, 3.8) is 0 Å². The van der Waals surface area contributed by atoms with E-state index in [0.29, 0.717) is 25.9 Å². The summed E-state index contributed by atoms with van der Waals surface area (Å²) in [6.45, 7) is 4.14. The highest BCUT2D eigenvalue weighted by molar-refractivity contribution is 5.80. The average molecular weight is 314 g/mol. The van der Waals surface area contributed by atoms with Crippen LogP contribution in [-0.2, 0) is 19.1 Å². The predicted molar refractivity (Wildman–Crippen MR) is 80.3 cm³/mol. The molecule has 2 amide bonds. The monoisotopic (exact) mass is 314 g/mol. The summed E-state index contributed by atoms with van der Waals surface area (Å²) in [4.78, 5) is 37.9. The summed E-state index contributed by atoms with van der Waals surface area (Å²) in [7, 11) is 1.58. The lowest BCUT2D eigenvalue weighted by molar-refractivity contribution is -0.145. The van der Waals surface area contributed by atoms with E-state index in [9.17, 15) is 14.4 Å². The van der Waals surface area contributed by atoms with E-state index in [2.05, 4.69) is 0 Å². The molecular formula is C15H26N2O5. The lowest BCUT2D eigenvalue weighted by Gasteiger charge is -2.29. The molecular weight excluding hydrogens is 288 g/mol. The number of amides is 2. The largest absolute Gasteiger partial charge is 0.480 e. The maximum atomic E-state index is 12.2. The minimum absolute atomic E-state index is 0.0441. The Morgan fingerprint density at radius 2 is 2.00 bits per heavy atom. The van der Waals surface area contributed by atoms with Crippen LogP contribution in [0.5, 0.6) is 0 Å². The standard InChI is InChI=1S/C15H26N2O5/c1-11(22-3)9-14(19)16-7-4-5-13(6-8-16)17(12(2)18)10-15(20)21/h11,13H,4-10H2,1-3H3,(H,20,21)/t11-,13+/m1/s1. The van der Waals surface area contributed by atoms with Gasteiger partial charge in [-0.05, 0) is 26.2 Å². The van der Waals surface area contributed by atoms with Crippen molar-refractivity contribution in [3.05, 3.63) is 0 Å². The summed E-state index contributed by atoms with van der Waals surface area (Å²) < 4.78 is 5.11. The molecule has 1 N–H and O–H groups in total. The fraction of sp³-hybridized carbons (Fsp3) is 0.800. The van der Waals surface area contributed by atoms with Gasteiger partial charge < -0.3 is 19.6 Å². The first kappa shape index (κ1) is 18.4. The van der Waals surface area contributed by atoms with E-state index in [-0.39, 0.29) is 30.5 Å². The molecule has 0 bridgehead atoms. The zero-order valence-corrected chi connectivity index (χ0v) is 13.6. The van der Waals surface area contributed by atoms with Gasteiger partial charge in [0.2, 0.25) is 11.8 Å². The lowest BCUT2D eigenvalue weighted by Crippen LogP contribution is -2.43. The number of likely N-dealkylation sites (tertiary alicyclic amines) is 1. The zero-order chi connectivity index (χ0) is 16.7. The van der Waals surface area contributed by atoms with Crippen LogP contribution in [0, 0.1) is 0 Å². The summed E-state index contributed by atoms with van der Waals surface area (Å²) in [5, 5.41) is 8.93. The molecule has 2 atom stereocenters. The second kappa shape index (κ2) is 8.73. The van der Waals surface area contributed by atoms with Crippen LogP contribution in [0.25, 0.3) is 0 Å². The van der Waals surface area contributed by atoms with E-state index in [1.165, 1.54) is 11.8 Å². The minimum atomic E-state index is -1.01. The van der Waals surface area contributed by atoms with Gasteiger partial charge in [-0.3, -0.25) is 14.4 Å². The topological polar surface area (TPSA) is 87.2 Å². The second-order valence-corrected chi connectivity index (χ2v) is 5.76. The van der Waals surface area contributed by atoms with Crippen LogP contribution in [0.15, 0.2) is 0 Å². The van der Waals surface area contributed by atoms with Gasteiger partial charge in [-0.25, -0.2) is 0 Å². The van der Waals surface area contributed by atoms with Gasteiger partial charge >= 0.3 is 5.97 Å². The predicted octanol–water partition coefficient (Wildman–Crippen LogP) is 0.726. The van der Waals surface area contributed by atoms with Crippen molar-refractivity contribution in [1.82, 2.24) is 9.80 Å². The molecule has 7 nitrogen and oxygen atoms in total. The molecule has 22 heavy (non-hydrogen) atoms. The van der Waals surface area contributed by atoms with Crippen LogP contribution in [0.1, 0.15) is 39.5 Å². The normalized spacial score (nSPS) is 20.1. The number of ether oxygens (including phenoxy) is 1. The molecule has 1 fully saturated rings. The van der Waals surface area contributed by atoms with Gasteiger partial charge in [0.25, 0.3) is 0 Å². The zero-order valence-electron chi connectivity index (χ0n) is 13.6. The summed E-state index contributed by atoms with van der Waals surface area (Å²) in [6, 6.07) is -0.119. The number of carboxylic acids is 1. The van der Waals surface area contributed by atoms with E-state index in [1.54, 1.807) is 12.0 Å². The molecule has 126 valence electrons. The van der Waals surface area contributed by atoms with Crippen molar-refractivity contribution in [1.29, 1.82) is 0 Å². The molecule has 0 aromatic heterocycles. The van der Waals surface area contributed by atoms with Crippen molar-refractivity contribution in [2.24, 2.45) is 0 Å². The highest BCUT2D eigenvalue weighted by Gasteiger charge is 2.27. The number of methoxy groups -OCH3 is 1. The first-order valence-corrected chi connectivity index (χ1v) is 7.64. The van der Waals surface area contributed by atoms with Gasteiger partial charge in [-0.15, -0.1) is 0 Å². The van der Waals surface area contributed by atoms with Gasteiger partial charge in [0.15, 0.2) is 0 Å². The maximum Gasteiger partial charge on any atom is 0.323 e. The summed E-state index contributed by atoms with van der Waals surface area (Å²) in [6.07, 6.45) is 2.32. The Morgan fingerprint density at radius 1 is 1.32 bits per heavy atom. The Morgan fingerprint density at radius 3 is 2.55 bits per heavy atom. The Labute approximate surface area is 131 Å². The van der Waals surface area contributed by atoms with Gasteiger partial charge in [0.1, 0.15) is 6.54 Å². The van der Waals surface area contributed by atoms with Crippen LogP contribution in [0.3, 0.4) is 0 Å². The van der Waals surface area contributed by atoms with Crippen LogP contribution >= 0.6 is 0 Å². The van der Waals surface area contributed by atoms with Crippen molar-refractivity contribution >= 4 is 17.8 Å². The van der Waals surface area contributed by atoms with Gasteiger partial charge in [-0.1, -0.05) is 0 Å². The Bertz CT molecular complexity index is 413. The highest BCUT2D eigenvalue weighted by Crippen LogP contribution is 2.18. The molecule has 1 saturated heterocycles. The number of carbonyl (C=O) groups is 3. The van der Waals surface area contributed by atoms with Crippen LogP contribution < -0.4 is 0 Å². The maximum absolute atomic E-state index is 12.2. The molecule has 0 aromatic rings. The quantitative estimate of drug-likeness (QED) is 0.781. The average Bonchev–Trinajstić information content (AvgIpc) is 2.69. The van der Waals surface area contributed by atoms with E-state index >= 15 is 0 Å². The Kier molecular flexibility index (Phi) is 7.31. The van der Waals surface area contributed by atoms with Crippen LogP contribution in [0.4, 0.5) is 0 Å². The van der Waals surface area contributed by atoms with E-state index in [4.69, 9.17) is 9.84 Å². The fourth-order valence-electron chi connectivity index (χ4n) is 2.74. The van der Waals surface area contributed by atoms with E-state index in [1.807, 2.05) is 6.92 Å². The molecule has 0 aliphatic carbocycles. The summed E-state index contributed by atoms with van der Waals surface area (Å²) in [5.74, 6) is -1.20. The molecule has 0 aromatic carbocycles. The highest BCUT2D eigenvalue weighted by atomic mass is 16.5. The van der Waals surface area contributed by atoms with E-state index < -0.39 is 5.97 Å². The molecule has 1 heterocycles. The summed E-state index contributed by atoms with van der Waals surface area (Å²) >= 11 is 0. The molecule has 0 spiro atoms. The molecule has 1 rings (SSSR count). The van der Waals surface area contributed by atoms with Crippen molar-refractivity contribution < 1.29 is 24.2 Å². The third-order valence-corrected chi connectivity index (χ3v) is 4.07. The smallest absolute Gasteiger partial charge is 0.323 e. The first-order valence-electron chi connectivity index (χ1n) is 7.64. The van der Waals surface area contributed by atoms with Crippen LogP contribution in [-0.4, -0.2) is 71.6 Å². The Balaban J connectivity index is 2.62. The third-order valence-electron chi connectivity index (χ3n) is 4.07. The second-order valence-electron chi connectivity index (χ2n) is 5.76. The van der Waals surface area contributed by atoms with Crippen molar-refractivity contribution in [2.45, 2.75) is 51.7 Å². The number of hydrogen-bond acceptors (Lipinski definition) is 4. The number of rotatable bonds is 6. The molecule has 7 heteroatoms. The van der Waals surface area contributed by atoms with Gasteiger partial charge in [0, 0.05) is 33.2 Å². The molecule has 0 saturated carbocycles. The number of carbonyl (C=O) groups excluding carboxylic acids is 2. The fourth-order valence-corrected chi connectivity index (χ4v) is 2.74. The van der Waals surface area contributed by atoms with Crippen molar-refractivity contribution in [3.8, 4) is 0 Å². The van der Waals surface area contributed by atoms with Crippen LogP contribution in [0.2, 0.25) is 0 Å². The third kappa shape index (κ3) is 5.63. The minimum Gasteiger partial charge on any atom is -0.480 e. The SMILES string of the molecule is CO[C@H](C)CC(=O)N1CCC[C@H](N(CC(=O)O)C(C)=O)CC1. The van der Waals surface area contributed by atoms with Crippen molar-refractivity contribution in [2.75, 3.05) is 26.7 Å². The number of nitrogens with zero attached hydrogens (tertiary/aromatic N) is 2. The summed E-state index contributed by atoms with van der Waals surface area (Å²) in [5.41, 5.74) is 0. The van der Waals surface area contributed by atoms with Gasteiger partial charge in [0.05, 0.1) is 12.5 Å². The first-order chi connectivity index (χ1) is 10.3. The number of aliphatic carboxylic acids is 1. The lowest BCUT2D eigenvalue weighted by atomic mass is 10.1. The van der Waals surface area contributed by atoms with Gasteiger partial charge in [-0.2, -0.15) is 0 Å². The Hall–Kier alpha value is -1.63. The molecule has 1 aliphatic heterocycles. The van der Waals surface area contributed by atoms with E-state index in [0.717, 1.165) is 12.8 Å². The molecule has 0 unspecified atom stereocenters. The number of hydrogen-bond donors (Lipinski definition) is 1. The number of carboxylic acid groups (broad SMARTS) is 1.